The first-order chi connectivity index (χ1) is 11.4. The van der Waals surface area contributed by atoms with Gasteiger partial charge < -0.3 is 20.3 Å². The third kappa shape index (κ3) is 6.04. The van der Waals surface area contributed by atoms with Gasteiger partial charge in [-0.25, -0.2) is 4.98 Å². The van der Waals surface area contributed by atoms with E-state index in [4.69, 9.17) is 4.74 Å². The predicted molar refractivity (Wildman–Crippen MR) is 99.3 cm³/mol. The average Bonchev–Trinajstić information content (AvgIpc) is 2.48. The fraction of sp³-hybridized carbons (Fsp3) is 0.444. The quantitative estimate of drug-likeness (QED) is 0.775. The molecule has 0 unspecified atom stereocenters. The van der Waals surface area contributed by atoms with Crippen LogP contribution in [0.1, 0.15) is 19.5 Å². The summed E-state index contributed by atoms with van der Waals surface area (Å²) in [7, 11) is 4.10. The molecule has 2 N–H and O–H groups in total. The highest BCUT2D eigenvalue weighted by molar-refractivity contribution is 5.56. The van der Waals surface area contributed by atoms with Gasteiger partial charge in [0.05, 0.1) is 6.10 Å². The largest absolute Gasteiger partial charge is 0.491 e. The number of likely N-dealkylation sites (N-methyl/N-ethyl adjacent to an activating group) is 1. The number of aromatic nitrogens is 2. The van der Waals surface area contributed by atoms with Crippen molar-refractivity contribution in [3.8, 4) is 5.75 Å². The summed E-state index contributed by atoms with van der Waals surface area (Å²) in [6, 6.07) is 9.74. The maximum atomic E-state index is 5.65. The Labute approximate surface area is 144 Å². The van der Waals surface area contributed by atoms with Crippen LogP contribution >= 0.6 is 0 Å². The van der Waals surface area contributed by atoms with Crippen LogP contribution in [0.15, 0.2) is 30.3 Å². The van der Waals surface area contributed by atoms with E-state index >= 15 is 0 Å². The smallest absolute Gasteiger partial charge is 0.229 e. The van der Waals surface area contributed by atoms with Crippen LogP contribution in [-0.2, 0) is 0 Å². The molecule has 130 valence electrons. The number of nitrogens with one attached hydrogen (secondary N) is 2. The highest BCUT2D eigenvalue weighted by atomic mass is 16.5. The molecule has 0 saturated heterocycles. The van der Waals surface area contributed by atoms with Crippen molar-refractivity contribution in [1.29, 1.82) is 0 Å². The Balaban J connectivity index is 2.02. The van der Waals surface area contributed by atoms with Gasteiger partial charge >= 0.3 is 0 Å². The molecule has 0 aliphatic carbocycles. The first-order valence-corrected chi connectivity index (χ1v) is 8.20. The van der Waals surface area contributed by atoms with Crippen LogP contribution in [0.3, 0.4) is 0 Å². The van der Waals surface area contributed by atoms with Gasteiger partial charge in [-0.15, -0.1) is 0 Å². The van der Waals surface area contributed by atoms with E-state index in [-0.39, 0.29) is 6.10 Å². The standard InChI is InChI=1S/C18H27N5O/c1-13(2)24-16-8-6-15(7-9-16)21-18-20-14(3)12-17(22-18)19-10-11-23(4)5/h6-9,12-13H,10-11H2,1-5H3,(H2,19,20,21,22). The fourth-order valence-electron chi connectivity index (χ4n) is 2.14. The second kappa shape index (κ2) is 8.49. The van der Waals surface area contributed by atoms with E-state index in [0.717, 1.165) is 36.0 Å². The van der Waals surface area contributed by atoms with Crippen molar-refractivity contribution in [1.82, 2.24) is 14.9 Å². The van der Waals surface area contributed by atoms with Gasteiger partial charge in [0.25, 0.3) is 0 Å². The molecule has 2 rings (SSSR count). The van der Waals surface area contributed by atoms with Crippen LogP contribution in [0, 0.1) is 6.92 Å². The minimum atomic E-state index is 0.166. The zero-order chi connectivity index (χ0) is 17.5. The molecule has 0 aliphatic rings. The van der Waals surface area contributed by atoms with Crippen molar-refractivity contribution in [2.45, 2.75) is 26.9 Å². The van der Waals surface area contributed by atoms with E-state index in [2.05, 4.69) is 25.5 Å². The van der Waals surface area contributed by atoms with Gasteiger partial charge in [-0.05, 0) is 59.1 Å². The second-order valence-electron chi connectivity index (χ2n) is 6.26. The van der Waals surface area contributed by atoms with E-state index in [1.807, 2.05) is 65.2 Å². The minimum Gasteiger partial charge on any atom is -0.491 e. The fourth-order valence-corrected chi connectivity index (χ4v) is 2.14. The summed E-state index contributed by atoms with van der Waals surface area (Å²) < 4.78 is 5.65. The minimum absolute atomic E-state index is 0.166. The van der Waals surface area contributed by atoms with Crippen LogP contribution in [0.5, 0.6) is 5.75 Å². The summed E-state index contributed by atoms with van der Waals surface area (Å²) in [5.41, 5.74) is 1.84. The lowest BCUT2D eigenvalue weighted by molar-refractivity contribution is 0.242. The molecule has 1 aromatic heterocycles. The monoisotopic (exact) mass is 329 g/mol. The Hall–Kier alpha value is -2.34. The molecule has 6 heteroatoms. The molecule has 0 bridgehead atoms. The number of aryl methyl sites for hydroxylation is 1. The van der Waals surface area contributed by atoms with Gasteiger partial charge in [0.2, 0.25) is 5.95 Å². The zero-order valence-corrected chi connectivity index (χ0v) is 15.1. The average molecular weight is 329 g/mol. The highest BCUT2D eigenvalue weighted by Gasteiger charge is 2.04. The van der Waals surface area contributed by atoms with Crippen molar-refractivity contribution in [2.24, 2.45) is 0 Å². The Bertz CT molecular complexity index is 640. The van der Waals surface area contributed by atoms with Gasteiger partial charge in [-0.1, -0.05) is 0 Å². The molecule has 0 spiro atoms. The van der Waals surface area contributed by atoms with E-state index in [0.29, 0.717) is 5.95 Å². The van der Waals surface area contributed by atoms with Gasteiger partial charge in [0.15, 0.2) is 0 Å². The first kappa shape index (κ1) is 18.0. The molecule has 0 atom stereocenters. The summed E-state index contributed by atoms with van der Waals surface area (Å²) in [6.07, 6.45) is 0.166. The third-order valence-corrected chi connectivity index (χ3v) is 3.20. The molecule has 2 aromatic rings. The lowest BCUT2D eigenvalue weighted by atomic mass is 10.3. The highest BCUT2D eigenvalue weighted by Crippen LogP contribution is 2.20. The van der Waals surface area contributed by atoms with Crippen LogP contribution in [-0.4, -0.2) is 48.2 Å². The van der Waals surface area contributed by atoms with Crippen LogP contribution in [0.4, 0.5) is 17.5 Å². The SMILES string of the molecule is Cc1cc(NCCN(C)C)nc(Nc2ccc(OC(C)C)cc2)n1. The molecular weight excluding hydrogens is 302 g/mol. The van der Waals surface area contributed by atoms with E-state index in [1.165, 1.54) is 0 Å². The third-order valence-electron chi connectivity index (χ3n) is 3.20. The molecule has 0 saturated carbocycles. The van der Waals surface area contributed by atoms with Crippen molar-refractivity contribution in [2.75, 3.05) is 37.8 Å². The number of anilines is 3. The van der Waals surface area contributed by atoms with Gasteiger partial charge in [0.1, 0.15) is 11.6 Å². The van der Waals surface area contributed by atoms with Gasteiger partial charge in [0, 0.05) is 30.5 Å². The van der Waals surface area contributed by atoms with Gasteiger partial charge in [-0.3, -0.25) is 0 Å². The molecule has 0 radical (unpaired) electrons. The summed E-state index contributed by atoms with van der Waals surface area (Å²) >= 11 is 0. The number of hydrogen-bond donors (Lipinski definition) is 2. The number of ether oxygens (including phenoxy) is 1. The summed E-state index contributed by atoms with van der Waals surface area (Å²) in [6.45, 7) is 7.77. The zero-order valence-electron chi connectivity index (χ0n) is 15.1. The summed E-state index contributed by atoms with van der Waals surface area (Å²) in [5, 5.41) is 6.56. The summed E-state index contributed by atoms with van der Waals surface area (Å²) in [4.78, 5) is 11.1. The second-order valence-corrected chi connectivity index (χ2v) is 6.26. The Morgan fingerprint density at radius 2 is 1.83 bits per heavy atom. The Kier molecular flexibility index (Phi) is 6.37. The van der Waals surface area contributed by atoms with Gasteiger partial charge in [-0.2, -0.15) is 4.98 Å². The molecule has 1 aromatic carbocycles. The van der Waals surface area contributed by atoms with E-state index in [1.54, 1.807) is 0 Å². The Morgan fingerprint density at radius 3 is 2.46 bits per heavy atom. The van der Waals surface area contributed by atoms with Crippen LogP contribution in [0.2, 0.25) is 0 Å². The summed E-state index contributed by atoms with van der Waals surface area (Å²) in [5.74, 6) is 2.26. The normalized spacial score (nSPS) is 11.0. The maximum absolute atomic E-state index is 5.65. The van der Waals surface area contributed by atoms with Crippen LogP contribution in [0.25, 0.3) is 0 Å². The molecule has 24 heavy (non-hydrogen) atoms. The molecule has 0 fully saturated rings. The molecular formula is C18H27N5O. The van der Waals surface area contributed by atoms with E-state index in [9.17, 15) is 0 Å². The van der Waals surface area contributed by atoms with Crippen molar-refractivity contribution < 1.29 is 4.74 Å². The number of hydrogen-bond acceptors (Lipinski definition) is 6. The number of nitrogens with zero attached hydrogens (tertiary/aromatic N) is 3. The molecule has 0 amide bonds. The first-order valence-electron chi connectivity index (χ1n) is 8.20. The van der Waals surface area contributed by atoms with Crippen molar-refractivity contribution in [3.63, 3.8) is 0 Å². The van der Waals surface area contributed by atoms with Crippen LogP contribution < -0.4 is 15.4 Å². The predicted octanol–water partition coefficient (Wildman–Crippen LogP) is 3.29. The topological polar surface area (TPSA) is 62.3 Å². The lowest BCUT2D eigenvalue weighted by Crippen LogP contribution is -2.21. The molecule has 1 heterocycles. The number of rotatable bonds is 8. The Morgan fingerprint density at radius 1 is 1.12 bits per heavy atom. The molecule has 0 aliphatic heterocycles. The lowest BCUT2D eigenvalue weighted by Gasteiger charge is -2.13. The molecule has 6 nitrogen and oxygen atoms in total. The number of benzene rings is 1. The van der Waals surface area contributed by atoms with Crippen molar-refractivity contribution >= 4 is 17.5 Å². The van der Waals surface area contributed by atoms with E-state index < -0.39 is 0 Å². The van der Waals surface area contributed by atoms with Crippen molar-refractivity contribution in [3.05, 3.63) is 36.0 Å². The maximum Gasteiger partial charge on any atom is 0.229 e.